The summed E-state index contributed by atoms with van der Waals surface area (Å²) in [5.74, 6) is 0.253. The molecule has 29 heavy (non-hydrogen) atoms. The van der Waals surface area contributed by atoms with Crippen molar-refractivity contribution in [2.24, 2.45) is 0 Å². The number of sulfone groups is 1. The predicted octanol–water partition coefficient (Wildman–Crippen LogP) is 1.79. The SMILES string of the molecule is CC[C@H](C)N(C(=O)COC(=O)/C=C/c1ccc2c(c1)OCO2)[C@@H]1CCS(=O)(=O)C1. The van der Waals surface area contributed by atoms with Crippen LogP contribution in [0.25, 0.3) is 6.08 Å². The van der Waals surface area contributed by atoms with Gasteiger partial charge in [0.05, 0.1) is 11.5 Å². The Kier molecular flexibility index (Phi) is 6.46. The maximum Gasteiger partial charge on any atom is 0.331 e. The van der Waals surface area contributed by atoms with Gasteiger partial charge >= 0.3 is 5.97 Å². The van der Waals surface area contributed by atoms with Crippen molar-refractivity contribution in [3.63, 3.8) is 0 Å². The molecule has 0 saturated carbocycles. The van der Waals surface area contributed by atoms with Crippen LogP contribution in [0, 0.1) is 0 Å². The van der Waals surface area contributed by atoms with E-state index >= 15 is 0 Å². The summed E-state index contributed by atoms with van der Waals surface area (Å²) in [6.45, 7) is 3.53. The fourth-order valence-electron chi connectivity index (χ4n) is 3.44. The minimum atomic E-state index is -3.12. The van der Waals surface area contributed by atoms with Crippen molar-refractivity contribution in [3.8, 4) is 11.5 Å². The van der Waals surface area contributed by atoms with Gasteiger partial charge in [-0.15, -0.1) is 0 Å². The van der Waals surface area contributed by atoms with E-state index in [1.165, 1.54) is 6.08 Å². The van der Waals surface area contributed by atoms with E-state index in [0.29, 0.717) is 24.3 Å². The molecule has 158 valence electrons. The topological polar surface area (TPSA) is 99.2 Å². The summed E-state index contributed by atoms with van der Waals surface area (Å²) < 4.78 is 39.2. The van der Waals surface area contributed by atoms with Crippen LogP contribution in [0.5, 0.6) is 11.5 Å². The Hall–Kier alpha value is -2.55. The average molecular weight is 423 g/mol. The number of carbonyl (C=O) groups is 2. The number of fused-ring (bicyclic) bond motifs is 1. The molecule has 1 amide bonds. The fraction of sp³-hybridized carbons (Fsp3) is 0.500. The summed E-state index contributed by atoms with van der Waals surface area (Å²) in [7, 11) is -3.12. The van der Waals surface area contributed by atoms with Crippen molar-refractivity contribution >= 4 is 27.8 Å². The van der Waals surface area contributed by atoms with E-state index in [1.807, 2.05) is 13.8 Å². The molecule has 0 bridgehead atoms. The molecule has 1 aromatic rings. The Morgan fingerprint density at radius 3 is 2.76 bits per heavy atom. The molecule has 2 heterocycles. The molecule has 0 radical (unpaired) electrons. The lowest BCUT2D eigenvalue weighted by Gasteiger charge is -2.33. The second kappa shape index (κ2) is 8.86. The molecule has 0 N–H and O–H groups in total. The fourth-order valence-corrected chi connectivity index (χ4v) is 5.15. The third-order valence-corrected chi connectivity index (χ3v) is 6.85. The molecular formula is C20H25NO7S. The second-order valence-corrected chi connectivity index (χ2v) is 9.40. The zero-order chi connectivity index (χ0) is 21.0. The monoisotopic (exact) mass is 423 g/mol. The molecule has 2 atom stereocenters. The minimum absolute atomic E-state index is 0.0406. The van der Waals surface area contributed by atoms with Gasteiger partial charge in [0.25, 0.3) is 5.91 Å². The van der Waals surface area contributed by atoms with Crippen molar-refractivity contribution in [1.29, 1.82) is 0 Å². The van der Waals surface area contributed by atoms with E-state index in [4.69, 9.17) is 14.2 Å². The molecule has 1 fully saturated rings. The van der Waals surface area contributed by atoms with Crippen LogP contribution >= 0.6 is 0 Å². The number of esters is 1. The third-order valence-electron chi connectivity index (χ3n) is 5.10. The molecule has 0 aromatic heterocycles. The van der Waals surface area contributed by atoms with Crippen molar-refractivity contribution in [2.45, 2.75) is 38.8 Å². The number of amides is 1. The summed E-state index contributed by atoms with van der Waals surface area (Å²) in [5, 5.41) is 0. The molecule has 9 heteroatoms. The Morgan fingerprint density at radius 1 is 1.31 bits per heavy atom. The number of hydrogen-bond acceptors (Lipinski definition) is 7. The molecule has 0 spiro atoms. The van der Waals surface area contributed by atoms with Crippen LogP contribution in [0.2, 0.25) is 0 Å². The molecule has 2 aliphatic heterocycles. The first-order valence-corrected chi connectivity index (χ1v) is 11.4. The van der Waals surface area contributed by atoms with Gasteiger partial charge in [0, 0.05) is 18.2 Å². The summed E-state index contributed by atoms with van der Waals surface area (Å²) in [5.41, 5.74) is 0.731. The van der Waals surface area contributed by atoms with Crippen LogP contribution in [-0.4, -0.2) is 62.2 Å². The van der Waals surface area contributed by atoms with Crippen molar-refractivity contribution in [3.05, 3.63) is 29.8 Å². The smallest absolute Gasteiger partial charge is 0.331 e. The molecular weight excluding hydrogens is 398 g/mol. The number of benzene rings is 1. The molecule has 0 aliphatic carbocycles. The molecule has 8 nitrogen and oxygen atoms in total. The van der Waals surface area contributed by atoms with E-state index in [0.717, 1.165) is 5.56 Å². The number of carbonyl (C=O) groups excluding carboxylic acids is 2. The van der Waals surface area contributed by atoms with E-state index in [1.54, 1.807) is 29.2 Å². The van der Waals surface area contributed by atoms with Gasteiger partial charge in [-0.1, -0.05) is 13.0 Å². The van der Waals surface area contributed by atoms with Gasteiger partial charge in [0.1, 0.15) is 0 Å². The zero-order valence-corrected chi connectivity index (χ0v) is 17.3. The van der Waals surface area contributed by atoms with Crippen molar-refractivity contribution < 1.29 is 32.2 Å². The number of hydrogen-bond donors (Lipinski definition) is 0. The van der Waals surface area contributed by atoms with Gasteiger partial charge in [-0.05, 0) is 43.5 Å². The van der Waals surface area contributed by atoms with Crippen molar-refractivity contribution in [1.82, 2.24) is 4.90 Å². The van der Waals surface area contributed by atoms with Crippen LogP contribution in [-0.2, 0) is 24.2 Å². The van der Waals surface area contributed by atoms with Gasteiger partial charge < -0.3 is 19.1 Å². The van der Waals surface area contributed by atoms with Crippen LogP contribution in [0.4, 0.5) is 0 Å². The zero-order valence-electron chi connectivity index (χ0n) is 16.5. The predicted molar refractivity (Wildman–Crippen MR) is 106 cm³/mol. The third kappa shape index (κ3) is 5.29. The van der Waals surface area contributed by atoms with Crippen LogP contribution in [0.1, 0.15) is 32.3 Å². The van der Waals surface area contributed by atoms with Gasteiger partial charge in [0.2, 0.25) is 6.79 Å². The van der Waals surface area contributed by atoms with E-state index in [-0.39, 0.29) is 36.3 Å². The highest BCUT2D eigenvalue weighted by molar-refractivity contribution is 7.91. The van der Waals surface area contributed by atoms with E-state index < -0.39 is 22.4 Å². The lowest BCUT2D eigenvalue weighted by Crippen LogP contribution is -2.48. The quantitative estimate of drug-likeness (QED) is 0.487. The molecule has 2 aliphatic rings. The van der Waals surface area contributed by atoms with Gasteiger partial charge in [-0.25, -0.2) is 13.2 Å². The second-order valence-electron chi connectivity index (χ2n) is 7.17. The van der Waals surface area contributed by atoms with Crippen molar-refractivity contribution in [2.75, 3.05) is 24.9 Å². The molecule has 0 unspecified atom stereocenters. The summed E-state index contributed by atoms with van der Waals surface area (Å²) in [6.07, 6.45) is 3.89. The Bertz CT molecular complexity index is 909. The van der Waals surface area contributed by atoms with Gasteiger partial charge in [-0.3, -0.25) is 4.79 Å². The maximum absolute atomic E-state index is 12.6. The Morgan fingerprint density at radius 2 is 2.07 bits per heavy atom. The minimum Gasteiger partial charge on any atom is -0.454 e. The number of ether oxygens (including phenoxy) is 3. The van der Waals surface area contributed by atoms with E-state index in [2.05, 4.69) is 0 Å². The number of rotatable bonds is 7. The highest BCUT2D eigenvalue weighted by atomic mass is 32.2. The largest absolute Gasteiger partial charge is 0.454 e. The first kappa shape index (κ1) is 21.2. The lowest BCUT2D eigenvalue weighted by molar-refractivity contribution is -0.150. The summed E-state index contributed by atoms with van der Waals surface area (Å²) in [4.78, 5) is 26.2. The van der Waals surface area contributed by atoms with Gasteiger partial charge in [-0.2, -0.15) is 0 Å². The first-order chi connectivity index (χ1) is 13.8. The highest BCUT2D eigenvalue weighted by Crippen LogP contribution is 2.32. The molecule has 3 rings (SSSR count). The first-order valence-electron chi connectivity index (χ1n) is 9.55. The Balaban J connectivity index is 1.57. The summed E-state index contributed by atoms with van der Waals surface area (Å²) in [6, 6.07) is 4.75. The summed E-state index contributed by atoms with van der Waals surface area (Å²) >= 11 is 0. The van der Waals surface area contributed by atoms with Crippen LogP contribution in [0.3, 0.4) is 0 Å². The standard InChI is InChI=1S/C20H25NO7S/c1-3-14(2)21(16-8-9-29(24,25)12-16)19(22)11-26-20(23)7-5-15-4-6-17-18(10-15)28-13-27-17/h4-7,10,14,16H,3,8-9,11-13H2,1-2H3/b7-5+/t14-,16+/m0/s1. The molecule has 1 saturated heterocycles. The lowest BCUT2D eigenvalue weighted by atomic mass is 10.1. The Labute approximate surface area is 170 Å². The average Bonchev–Trinajstić information content (AvgIpc) is 3.30. The highest BCUT2D eigenvalue weighted by Gasteiger charge is 2.36. The maximum atomic E-state index is 12.6. The van der Waals surface area contributed by atoms with Crippen LogP contribution in [0.15, 0.2) is 24.3 Å². The normalized spacial score (nSPS) is 20.6. The van der Waals surface area contributed by atoms with E-state index in [9.17, 15) is 18.0 Å². The number of nitrogens with zero attached hydrogens (tertiary/aromatic N) is 1. The van der Waals surface area contributed by atoms with Crippen LogP contribution < -0.4 is 9.47 Å². The molecule has 1 aromatic carbocycles. The van der Waals surface area contributed by atoms with Gasteiger partial charge in [0.15, 0.2) is 27.9 Å².